The molecule has 0 bridgehead atoms. The minimum Gasteiger partial charge on any atom is -0.435 e. The Labute approximate surface area is 150 Å². The zero-order valence-electron chi connectivity index (χ0n) is 14.5. The van der Waals surface area contributed by atoms with Gasteiger partial charge in [-0.3, -0.25) is 4.79 Å². The Hall–Kier alpha value is -2.54. The summed E-state index contributed by atoms with van der Waals surface area (Å²) in [7, 11) is 0. The molecule has 2 aromatic rings. The van der Waals surface area contributed by atoms with Gasteiger partial charge in [0.2, 0.25) is 5.91 Å². The molecule has 2 aromatic carbocycles. The maximum absolute atomic E-state index is 13.1. The second-order valence-electron chi connectivity index (χ2n) is 6.11. The number of anilines is 1. The predicted molar refractivity (Wildman–Crippen MR) is 93.7 cm³/mol. The Morgan fingerprint density at radius 2 is 1.65 bits per heavy atom. The maximum Gasteiger partial charge on any atom is 0.387 e. The molecule has 0 fully saturated rings. The Bertz CT molecular complexity index is 704. The molecule has 7 heteroatoms. The van der Waals surface area contributed by atoms with E-state index in [1.165, 1.54) is 36.4 Å². The largest absolute Gasteiger partial charge is 0.435 e. The van der Waals surface area contributed by atoms with Crippen LogP contribution in [0.2, 0.25) is 0 Å². The van der Waals surface area contributed by atoms with E-state index in [0.717, 1.165) is 5.56 Å². The minimum absolute atomic E-state index is 0.0207. The van der Waals surface area contributed by atoms with E-state index < -0.39 is 6.61 Å². The van der Waals surface area contributed by atoms with Crippen molar-refractivity contribution in [3.05, 3.63) is 59.9 Å². The molecule has 0 spiro atoms. The Morgan fingerprint density at radius 3 is 2.19 bits per heavy atom. The number of rotatable bonds is 8. The van der Waals surface area contributed by atoms with Gasteiger partial charge in [0.05, 0.1) is 6.54 Å². The molecule has 0 saturated carbocycles. The number of carbonyl (C=O) groups is 1. The number of ether oxygens (including phenoxy) is 1. The van der Waals surface area contributed by atoms with E-state index in [4.69, 9.17) is 0 Å². The van der Waals surface area contributed by atoms with Crippen LogP contribution in [0.5, 0.6) is 5.75 Å². The molecule has 2 rings (SSSR count). The number of halogens is 3. The number of benzene rings is 2. The zero-order chi connectivity index (χ0) is 19.1. The maximum atomic E-state index is 13.1. The summed E-state index contributed by atoms with van der Waals surface area (Å²) in [5.41, 5.74) is 1.36. The van der Waals surface area contributed by atoms with Crippen LogP contribution in [0.3, 0.4) is 0 Å². The molecule has 0 radical (unpaired) electrons. The normalized spacial score (nSPS) is 12.3. The summed E-state index contributed by atoms with van der Waals surface area (Å²) in [4.78, 5) is 12.1. The van der Waals surface area contributed by atoms with Crippen molar-refractivity contribution >= 4 is 11.6 Å². The van der Waals surface area contributed by atoms with Crippen molar-refractivity contribution in [3.63, 3.8) is 0 Å². The Kier molecular flexibility index (Phi) is 7.03. The standard InChI is InChI=1S/C19H21F3N2O2/c1-12(2)18(13-3-5-14(20)6-4-13)23-11-17(25)24-15-7-9-16(10-8-15)26-19(21)22/h3-10,12,18-19,23H,11H2,1-2H3,(H,24,25)/t18-/m0/s1. The van der Waals surface area contributed by atoms with E-state index in [1.54, 1.807) is 12.1 Å². The molecule has 1 atom stereocenters. The van der Waals surface area contributed by atoms with Crippen LogP contribution in [0, 0.1) is 11.7 Å². The van der Waals surface area contributed by atoms with Gasteiger partial charge in [-0.15, -0.1) is 0 Å². The molecule has 0 aliphatic rings. The van der Waals surface area contributed by atoms with Crippen LogP contribution in [0.15, 0.2) is 48.5 Å². The van der Waals surface area contributed by atoms with Crippen LogP contribution in [-0.2, 0) is 4.79 Å². The summed E-state index contributed by atoms with van der Waals surface area (Å²) in [6.07, 6.45) is 0. The van der Waals surface area contributed by atoms with Gasteiger partial charge in [-0.25, -0.2) is 4.39 Å². The smallest absolute Gasteiger partial charge is 0.387 e. The molecule has 4 nitrogen and oxygen atoms in total. The molecule has 1 amide bonds. The monoisotopic (exact) mass is 366 g/mol. The van der Waals surface area contributed by atoms with Gasteiger partial charge in [0.1, 0.15) is 11.6 Å². The lowest BCUT2D eigenvalue weighted by atomic mass is 9.96. The first-order chi connectivity index (χ1) is 12.3. The van der Waals surface area contributed by atoms with E-state index in [0.29, 0.717) is 5.69 Å². The van der Waals surface area contributed by atoms with Crippen molar-refractivity contribution in [2.75, 3.05) is 11.9 Å². The quantitative estimate of drug-likeness (QED) is 0.730. The molecule has 2 N–H and O–H groups in total. The Balaban J connectivity index is 1.90. The fourth-order valence-corrected chi connectivity index (χ4v) is 2.54. The van der Waals surface area contributed by atoms with Crippen molar-refractivity contribution in [3.8, 4) is 5.75 Å². The average Bonchev–Trinajstić information content (AvgIpc) is 2.57. The lowest BCUT2D eigenvalue weighted by Crippen LogP contribution is -2.33. The zero-order valence-corrected chi connectivity index (χ0v) is 14.5. The first-order valence-corrected chi connectivity index (χ1v) is 8.18. The first kappa shape index (κ1) is 19.8. The molecule has 0 aromatic heterocycles. The van der Waals surface area contributed by atoms with E-state index in [1.807, 2.05) is 13.8 Å². The molecule has 140 valence electrons. The molecule has 0 aliphatic carbocycles. The third-order valence-corrected chi connectivity index (χ3v) is 3.74. The van der Waals surface area contributed by atoms with Crippen molar-refractivity contribution in [1.82, 2.24) is 5.32 Å². The second-order valence-corrected chi connectivity index (χ2v) is 6.11. The van der Waals surface area contributed by atoms with Gasteiger partial charge in [-0.1, -0.05) is 26.0 Å². The molecule has 0 unspecified atom stereocenters. The topological polar surface area (TPSA) is 50.4 Å². The minimum atomic E-state index is -2.89. The summed E-state index contributed by atoms with van der Waals surface area (Å²) < 4.78 is 41.5. The van der Waals surface area contributed by atoms with Crippen LogP contribution >= 0.6 is 0 Å². The SMILES string of the molecule is CC(C)[C@H](NCC(=O)Nc1ccc(OC(F)F)cc1)c1ccc(F)cc1. The van der Waals surface area contributed by atoms with Crippen LogP contribution in [-0.4, -0.2) is 19.1 Å². The number of amides is 1. The predicted octanol–water partition coefficient (Wildman–Crippen LogP) is 4.35. The highest BCUT2D eigenvalue weighted by molar-refractivity contribution is 5.92. The third kappa shape index (κ3) is 6.07. The number of carbonyl (C=O) groups excluding carboxylic acids is 1. The van der Waals surface area contributed by atoms with Crippen LogP contribution < -0.4 is 15.4 Å². The van der Waals surface area contributed by atoms with Crippen molar-refractivity contribution in [1.29, 1.82) is 0 Å². The van der Waals surface area contributed by atoms with Crippen molar-refractivity contribution < 1.29 is 22.7 Å². The highest BCUT2D eigenvalue weighted by Gasteiger charge is 2.16. The van der Waals surface area contributed by atoms with Crippen molar-refractivity contribution in [2.24, 2.45) is 5.92 Å². The number of hydrogen-bond donors (Lipinski definition) is 2. The van der Waals surface area contributed by atoms with Crippen LogP contribution in [0.4, 0.5) is 18.9 Å². The fraction of sp³-hybridized carbons (Fsp3) is 0.316. The van der Waals surface area contributed by atoms with Gasteiger partial charge in [-0.05, 0) is 47.9 Å². The highest BCUT2D eigenvalue weighted by Crippen LogP contribution is 2.22. The fourth-order valence-electron chi connectivity index (χ4n) is 2.54. The van der Waals surface area contributed by atoms with Gasteiger partial charge in [0.25, 0.3) is 0 Å². The summed E-state index contributed by atoms with van der Waals surface area (Å²) >= 11 is 0. The van der Waals surface area contributed by atoms with Gasteiger partial charge in [0, 0.05) is 11.7 Å². The first-order valence-electron chi connectivity index (χ1n) is 8.18. The number of nitrogens with one attached hydrogen (secondary N) is 2. The van der Waals surface area contributed by atoms with Gasteiger partial charge >= 0.3 is 6.61 Å². The molecular weight excluding hydrogens is 345 g/mol. The second kappa shape index (κ2) is 9.24. The van der Waals surface area contributed by atoms with Crippen LogP contribution in [0.1, 0.15) is 25.5 Å². The number of alkyl halides is 2. The van der Waals surface area contributed by atoms with Gasteiger partial charge in [-0.2, -0.15) is 8.78 Å². The summed E-state index contributed by atoms with van der Waals surface area (Å²) in [5.74, 6) is -0.375. The summed E-state index contributed by atoms with van der Waals surface area (Å²) in [5, 5.41) is 5.83. The molecule has 0 aliphatic heterocycles. The highest BCUT2D eigenvalue weighted by atomic mass is 19.3. The van der Waals surface area contributed by atoms with Gasteiger partial charge < -0.3 is 15.4 Å². The summed E-state index contributed by atoms with van der Waals surface area (Å²) in [6, 6.07) is 11.7. The number of hydrogen-bond acceptors (Lipinski definition) is 3. The van der Waals surface area contributed by atoms with Gasteiger partial charge in [0.15, 0.2) is 0 Å². The molecule has 0 saturated heterocycles. The molecular formula is C19H21F3N2O2. The van der Waals surface area contributed by atoms with E-state index in [2.05, 4.69) is 15.4 Å². The molecule has 26 heavy (non-hydrogen) atoms. The van der Waals surface area contributed by atoms with E-state index >= 15 is 0 Å². The summed E-state index contributed by atoms with van der Waals surface area (Å²) in [6.45, 7) is 1.16. The van der Waals surface area contributed by atoms with E-state index in [9.17, 15) is 18.0 Å². The lowest BCUT2D eigenvalue weighted by molar-refractivity contribution is -0.115. The molecule has 0 heterocycles. The van der Waals surface area contributed by atoms with E-state index in [-0.39, 0.29) is 36.0 Å². The lowest BCUT2D eigenvalue weighted by Gasteiger charge is -2.22. The Morgan fingerprint density at radius 1 is 1.04 bits per heavy atom. The third-order valence-electron chi connectivity index (χ3n) is 3.74. The average molecular weight is 366 g/mol. The van der Waals surface area contributed by atoms with Crippen LogP contribution in [0.25, 0.3) is 0 Å². The van der Waals surface area contributed by atoms with Crippen molar-refractivity contribution in [2.45, 2.75) is 26.5 Å².